The maximum atomic E-state index is 14.1. The Morgan fingerprint density at radius 3 is 2.54 bits per heavy atom. The number of alkyl halides is 2. The molecule has 1 N–H and O–H groups in total. The van der Waals surface area contributed by atoms with Gasteiger partial charge in [-0.25, -0.2) is 13.5 Å². The fraction of sp³-hybridized carbons (Fsp3) is 0.0588. The predicted octanol–water partition coefficient (Wildman–Crippen LogP) is 4.00. The molecule has 1 aromatic heterocycles. The van der Waals surface area contributed by atoms with Crippen LogP contribution in [0.3, 0.4) is 0 Å². The van der Waals surface area contributed by atoms with Gasteiger partial charge in [0.25, 0.3) is 5.91 Å². The molecule has 0 aliphatic carbocycles. The Hall–Kier alpha value is -3.36. The number of carbonyl (C=O) groups excluding carboxylic acids is 1. The first-order chi connectivity index (χ1) is 12.5. The van der Waals surface area contributed by atoms with E-state index in [2.05, 4.69) is 15.2 Å². The molecule has 0 saturated heterocycles. The minimum absolute atomic E-state index is 0.165. The summed E-state index contributed by atoms with van der Waals surface area (Å²) in [5, 5.41) is 6.29. The Morgan fingerprint density at radius 1 is 1.12 bits per heavy atom. The number of hydrogen-bond donors (Lipinski definition) is 1. The topological polar surface area (TPSA) is 56.2 Å². The van der Waals surface area contributed by atoms with Gasteiger partial charge < -0.3 is 10.1 Å². The molecule has 3 aromatic rings. The summed E-state index contributed by atoms with van der Waals surface area (Å²) in [6.45, 7) is -3.31. The highest BCUT2D eigenvalue weighted by Crippen LogP contribution is 2.25. The third-order valence-electron chi connectivity index (χ3n) is 3.36. The Bertz CT molecular complexity index is 929. The van der Waals surface area contributed by atoms with E-state index in [-0.39, 0.29) is 5.69 Å². The molecule has 5 nitrogen and oxygen atoms in total. The van der Waals surface area contributed by atoms with Gasteiger partial charge in [0.15, 0.2) is 11.6 Å². The van der Waals surface area contributed by atoms with Crippen molar-refractivity contribution >= 4 is 11.6 Å². The smallest absolute Gasteiger partial charge is 0.387 e. The minimum Gasteiger partial charge on any atom is -0.432 e. The molecule has 1 heterocycles. The van der Waals surface area contributed by atoms with Gasteiger partial charge in [-0.15, -0.1) is 0 Å². The maximum absolute atomic E-state index is 14.1. The molecule has 0 bridgehead atoms. The van der Waals surface area contributed by atoms with Crippen LogP contribution in [0.5, 0.6) is 5.75 Å². The first-order valence-corrected chi connectivity index (χ1v) is 7.30. The first kappa shape index (κ1) is 17.5. The van der Waals surface area contributed by atoms with E-state index in [1.807, 2.05) is 6.07 Å². The molecule has 0 radical (unpaired) electrons. The van der Waals surface area contributed by atoms with Crippen LogP contribution in [-0.2, 0) is 0 Å². The number of carbonyl (C=O) groups is 1. The highest BCUT2D eigenvalue weighted by atomic mass is 19.3. The Balaban J connectivity index is 1.84. The Morgan fingerprint density at radius 2 is 1.85 bits per heavy atom. The molecular formula is C17H11F4N3O2. The second kappa shape index (κ2) is 7.26. The fourth-order valence-electron chi connectivity index (χ4n) is 2.23. The number of amides is 1. The van der Waals surface area contributed by atoms with Crippen LogP contribution in [0.25, 0.3) is 5.69 Å². The number of hydrogen-bond acceptors (Lipinski definition) is 3. The zero-order valence-corrected chi connectivity index (χ0v) is 13.0. The quantitative estimate of drug-likeness (QED) is 0.696. The molecule has 3 rings (SSSR count). The SMILES string of the molecule is O=C(Nc1cnn(-c2ccccc2)c1)c1c(F)ccc(OC(F)F)c1F. The van der Waals surface area contributed by atoms with Crippen molar-refractivity contribution in [3.63, 3.8) is 0 Å². The van der Waals surface area contributed by atoms with Crippen molar-refractivity contribution < 1.29 is 27.1 Å². The molecule has 0 unspecified atom stereocenters. The van der Waals surface area contributed by atoms with E-state index in [4.69, 9.17) is 0 Å². The second-order valence-corrected chi connectivity index (χ2v) is 5.08. The number of benzene rings is 2. The molecule has 0 saturated carbocycles. The largest absolute Gasteiger partial charge is 0.432 e. The van der Waals surface area contributed by atoms with Crippen LogP contribution in [0, 0.1) is 11.6 Å². The standard InChI is InChI=1S/C17H11F4N3O2/c18-12-6-7-13(26-17(20)21)15(19)14(12)16(25)23-10-8-22-24(9-10)11-4-2-1-3-5-11/h1-9,17H,(H,23,25). The average molecular weight is 365 g/mol. The molecule has 134 valence electrons. The van der Waals surface area contributed by atoms with Crippen LogP contribution >= 0.6 is 0 Å². The number of nitrogens with one attached hydrogen (secondary N) is 1. The van der Waals surface area contributed by atoms with Gasteiger partial charge in [-0.2, -0.15) is 13.9 Å². The highest BCUT2D eigenvalue weighted by molar-refractivity contribution is 6.04. The normalized spacial score (nSPS) is 10.8. The maximum Gasteiger partial charge on any atom is 0.387 e. The summed E-state index contributed by atoms with van der Waals surface area (Å²) < 4.78 is 57.8. The predicted molar refractivity (Wildman–Crippen MR) is 84.5 cm³/mol. The van der Waals surface area contributed by atoms with E-state index in [0.29, 0.717) is 17.8 Å². The molecule has 0 aliphatic rings. The van der Waals surface area contributed by atoms with E-state index in [1.54, 1.807) is 24.3 Å². The molecule has 0 aliphatic heterocycles. The van der Waals surface area contributed by atoms with Crippen molar-refractivity contribution in [3.05, 3.63) is 72.1 Å². The number of rotatable bonds is 5. The summed E-state index contributed by atoms with van der Waals surface area (Å²) in [5.74, 6) is -4.81. The third kappa shape index (κ3) is 3.66. The van der Waals surface area contributed by atoms with Gasteiger partial charge in [0.05, 0.1) is 23.8 Å². The molecule has 0 atom stereocenters. The van der Waals surface area contributed by atoms with Gasteiger partial charge >= 0.3 is 6.61 Å². The Labute approximate surface area is 144 Å². The van der Waals surface area contributed by atoms with Crippen LogP contribution in [0.15, 0.2) is 54.9 Å². The van der Waals surface area contributed by atoms with Gasteiger partial charge in [0.2, 0.25) is 0 Å². The van der Waals surface area contributed by atoms with E-state index >= 15 is 0 Å². The summed E-state index contributed by atoms with van der Waals surface area (Å²) in [4.78, 5) is 12.2. The van der Waals surface area contributed by atoms with Gasteiger partial charge in [-0.1, -0.05) is 18.2 Å². The average Bonchev–Trinajstić information content (AvgIpc) is 3.06. The summed E-state index contributed by atoms with van der Waals surface area (Å²) in [6.07, 6.45) is 2.71. The number of ether oxygens (including phenoxy) is 1. The van der Waals surface area contributed by atoms with E-state index in [9.17, 15) is 22.4 Å². The summed E-state index contributed by atoms with van der Waals surface area (Å²) in [7, 11) is 0. The van der Waals surface area contributed by atoms with Gasteiger partial charge in [-0.05, 0) is 24.3 Å². The number of nitrogens with zero attached hydrogens (tertiary/aromatic N) is 2. The number of anilines is 1. The van der Waals surface area contributed by atoms with Gasteiger partial charge in [-0.3, -0.25) is 4.79 Å². The third-order valence-corrected chi connectivity index (χ3v) is 3.36. The van der Waals surface area contributed by atoms with Gasteiger partial charge in [0, 0.05) is 0 Å². The zero-order valence-electron chi connectivity index (χ0n) is 13.0. The Kier molecular flexibility index (Phi) is 4.87. The van der Waals surface area contributed by atoms with E-state index in [0.717, 1.165) is 0 Å². The highest BCUT2D eigenvalue weighted by Gasteiger charge is 2.23. The molecule has 1 amide bonds. The lowest BCUT2D eigenvalue weighted by atomic mass is 10.1. The van der Waals surface area contributed by atoms with Gasteiger partial charge in [0.1, 0.15) is 11.4 Å². The second-order valence-electron chi connectivity index (χ2n) is 5.08. The van der Waals surface area contributed by atoms with Crippen molar-refractivity contribution in [2.45, 2.75) is 6.61 Å². The number of aromatic nitrogens is 2. The fourth-order valence-corrected chi connectivity index (χ4v) is 2.23. The number of halogens is 4. The number of para-hydroxylation sites is 1. The summed E-state index contributed by atoms with van der Waals surface area (Å²) >= 11 is 0. The zero-order chi connectivity index (χ0) is 18.7. The van der Waals surface area contributed by atoms with Crippen LogP contribution in [0.2, 0.25) is 0 Å². The van der Waals surface area contributed by atoms with Crippen molar-refractivity contribution in [3.8, 4) is 11.4 Å². The summed E-state index contributed by atoms with van der Waals surface area (Å²) in [6, 6.07) is 10.3. The van der Waals surface area contributed by atoms with E-state index < -0.39 is 35.5 Å². The van der Waals surface area contributed by atoms with Crippen LogP contribution in [0.4, 0.5) is 23.2 Å². The lowest BCUT2D eigenvalue weighted by molar-refractivity contribution is -0.0523. The monoisotopic (exact) mass is 365 g/mol. The molecule has 26 heavy (non-hydrogen) atoms. The van der Waals surface area contributed by atoms with E-state index in [1.165, 1.54) is 17.1 Å². The molecule has 9 heteroatoms. The lowest BCUT2D eigenvalue weighted by Gasteiger charge is -2.10. The molecule has 0 spiro atoms. The van der Waals surface area contributed by atoms with Crippen molar-refractivity contribution in [1.29, 1.82) is 0 Å². The lowest BCUT2D eigenvalue weighted by Crippen LogP contribution is -2.17. The van der Waals surface area contributed by atoms with Crippen LogP contribution in [-0.4, -0.2) is 22.3 Å². The molecule has 0 fully saturated rings. The minimum atomic E-state index is -3.31. The summed E-state index contributed by atoms with van der Waals surface area (Å²) in [5.41, 5.74) is -0.161. The van der Waals surface area contributed by atoms with Crippen molar-refractivity contribution in [2.24, 2.45) is 0 Å². The first-order valence-electron chi connectivity index (χ1n) is 7.30. The molecule has 2 aromatic carbocycles. The van der Waals surface area contributed by atoms with Crippen molar-refractivity contribution in [2.75, 3.05) is 5.32 Å². The molecular weight excluding hydrogens is 354 g/mol. The van der Waals surface area contributed by atoms with Crippen molar-refractivity contribution in [1.82, 2.24) is 9.78 Å². The van der Waals surface area contributed by atoms with Crippen LogP contribution < -0.4 is 10.1 Å². The van der Waals surface area contributed by atoms with Crippen LogP contribution in [0.1, 0.15) is 10.4 Å².